The number of likely N-dealkylation sites (N-methyl/N-ethyl adjacent to an activating group) is 2. The molecule has 0 saturated heterocycles. The van der Waals surface area contributed by atoms with E-state index >= 15 is 0 Å². The predicted octanol–water partition coefficient (Wildman–Crippen LogP) is 16.1. The van der Waals surface area contributed by atoms with Crippen LogP contribution in [0.1, 0.15) is 291 Å². The Hall–Kier alpha value is -2.00. The van der Waals surface area contributed by atoms with Crippen LogP contribution in [0, 0.1) is 0 Å². The maximum Gasteiger partial charge on any atom is 0.313 e. The summed E-state index contributed by atoms with van der Waals surface area (Å²) in [6, 6.07) is 0. The number of rotatable bonds is 51. The molecule has 0 aromatic carbocycles. The second-order valence-corrected chi connectivity index (χ2v) is 22.2. The van der Waals surface area contributed by atoms with Crippen molar-refractivity contribution in [2.24, 2.45) is 0 Å². The van der Waals surface area contributed by atoms with Crippen molar-refractivity contribution in [3.8, 4) is 0 Å². The normalized spacial score (nSPS) is 12.8. The van der Waals surface area contributed by atoms with Crippen LogP contribution in [0.2, 0.25) is 0 Å². The van der Waals surface area contributed by atoms with Crippen molar-refractivity contribution in [3.05, 3.63) is 0 Å². The number of carbonyl (C=O) groups is 4. The fourth-order valence-corrected chi connectivity index (χ4v) is 9.73. The van der Waals surface area contributed by atoms with Crippen molar-refractivity contribution in [1.29, 1.82) is 0 Å². The number of hydrogen-bond acceptors (Lipinski definition) is 7. The van der Waals surface area contributed by atoms with Crippen LogP contribution < -0.4 is 0 Å². The van der Waals surface area contributed by atoms with Gasteiger partial charge in [-0.2, -0.15) is 0 Å². The molecule has 0 aromatic rings. The van der Waals surface area contributed by atoms with Gasteiger partial charge in [-0.05, 0) is 38.5 Å². The number of esters is 4. The first kappa shape index (κ1) is 66.0. The van der Waals surface area contributed by atoms with Crippen molar-refractivity contribution in [3.63, 3.8) is 0 Å². The van der Waals surface area contributed by atoms with Gasteiger partial charge in [-0.25, -0.2) is 0 Å². The van der Waals surface area contributed by atoms with Gasteiger partial charge in [0.1, 0.15) is 13.1 Å². The maximum absolute atomic E-state index is 12.6. The van der Waals surface area contributed by atoms with Gasteiger partial charge in [0.25, 0.3) is 0 Å². The molecule has 0 rings (SSSR count). The first-order chi connectivity index (χ1) is 32.8. The average molecular weight is 966 g/mol. The van der Waals surface area contributed by atoms with E-state index in [9.17, 15) is 19.2 Å². The van der Waals surface area contributed by atoms with Crippen LogP contribution >= 0.6 is 0 Å². The maximum atomic E-state index is 12.6. The van der Waals surface area contributed by atoms with Gasteiger partial charge in [0, 0.05) is 25.7 Å². The van der Waals surface area contributed by atoms with Crippen LogP contribution in [0.5, 0.6) is 0 Å². The van der Waals surface area contributed by atoms with Gasteiger partial charge in [-0.3, -0.25) is 19.2 Å². The second-order valence-electron chi connectivity index (χ2n) is 22.2. The molecule has 0 spiro atoms. The first-order valence-electron chi connectivity index (χ1n) is 29.5. The summed E-state index contributed by atoms with van der Waals surface area (Å²) in [6.45, 7) is 11.3. The van der Waals surface area contributed by atoms with Gasteiger partial charge in [-0.15, -0.1) is 0 Å². The Morgan fingerprint density at radius 3 is 0.882 bits per heavy atom. The minimum Gasteiger partial charge on any atom is -0.456 e. The highest BCUT2D eigenvalue weighted by Crippen LogP contribution is 2.20. The molecule has 2 atom stereocenters. The summed E-state index contributed by atoms with van der Waals surface area (Å²) >= 11 is 0. The van der Waals surface area contributed by atoms with E-state index in [1.54, 1.807) is 0 Å². The molecule has 0 bridgehead atoms. The Morgan fingerprint density at radius 2 is 0.588 bits per heavy atom. The molecular weight excluding hydrogens is 849 g/mol. The lowest BCUT2D eigenvalue weighted by Gasteiger charge is -2.33. The molecular formula is C59H116N2O7+2. The smallest absolute Gasteiger partial charge is 0.313 e. The summed E-state index contributed by atoms with van der Waals surface area (Å²) < 4.78 is 18.3. The van der Waals surface area contributed by atoms with Crippen molar-refractivity contribution in [2.75, 3.05) is 54.4 Å². The molecule has 0 fully saturated rings. The summed E-state index contributed by atoms with van der Waals surface area (Å²) in [5.74, 6) is -1.22. The third kappa shape index (κ3) is 45.2. The zero-order valence-corrected chi connectivity index (χ0v) is 46.7. The third-order valence-corrected chi connectivity index (χ3v) is 14.1. The number of nitrogens with zero attached hydrogens (tertiary/aromatic N) is 2. The van der Waals surface area contributed by atoms with Gasteiger partial charge in [0.2, 0.25) is 0 Å². The molecule has 0 aliphatic rings. The molecule has 9 heteroatoms. The highest BCUT2D eigenvalue weighted by molar-refractivity contribution is 5.85. The largest absolute Gasteiger partial charge is 0.456 e. The number of unbranched alkanes of at least 4 members (excludes halogenated alkanes) is 31. The molecule has 68 heavy (non-hydrogen) atoms. The summed E-state index contributed by atoms with van der Waals surface area (Å²) in [4.78, 5) is 49.8. The molecule has 0 aliphatic heterocycles. The van der Waals surface area contributed by atoms with Crippen molar-refractivity contribution in [1.82, 2.24) is 0 Å². The summed E-state index contributed by atoms with van der Waals surface area (Å²) in [7, 11) is 8.57. The molecule has 9 nitrogen and oxygen atoms in total. The van der Waals surface area contributed by atoms with Crippen LogP contribution in [-0.2, 0) is 33.4 Å². The average Bonchev–Trinajstić information content (AvgIpc) is 3.29. The minimum atomic E-state index is -0.470. The topological polar surface area (TPSA) is 96.0 Å². The predicted molar refractivity (Wildman–Crippen MR) is 287 cm³/mol. The molecule has 2 unspecified atom stereocenters. The zero-order chi connectivity index (χ0) is 50.4. The van der Waals surface area contributed by atoms with Crippen LogP contribution in [0.25, 0.3) is 0 Å². The molecule has 0 heterocycles. The van der Waals surface area contributed by atoms with E-state index in [0.717, 1.165) is 51.7 Å². The number of carbonyl (C=O) groups excluding carboxylic acids is 4. The van der Waals surface area contributed by atoms with Crippen LogP contribution in [0.3, 0.4) is 0 Å². The molecule has 0 amide bonds. The number of quaternary nitrogens is 2. The van der Waals surface area contributed by atoms with Gasteiger partial charge in [0.15, 0.2) is 12.2 Å². The van der Waals surface area contributed by atoms with E-state index < -0.39 is 11.9 Å². The van der Waals surface area contributed by atoms with E-state index in [-0.39, 0.29) is 37.0 Å². The lowest BCUT2D eigenvalue weighted by molar-refractivity contribution is -0.893. The lowest BCUT2D eigenvalue weighted by atomic mass is 10.0. The molecule has 0 aliphatic carbocycles. The van der Waals surface area contributed by atoms with Crippen LogP contribution in [0.4, 0.5) is 0 Å². The lowest BCUT2D eigenvalue weighted by Crippen LogP contribution is -2.47. The van der Waals surface area contributed by atoms with E-state index in [4.69, 9.17) is 14.2 Å². The Kier molecular flexibility index (Phi) is 44.7. The first-order valence-corrected chi connectivity index (χ1v) is 29.5. The SMILES string of the molecule is CCCCCCCCCCCCCCCCCCC(C[N+](C)(C)CCCCC(=O)OC(=O)CCC[N+](C)(C)CC(CCCCCCCCCCCCCCCCCC)OC(=O)CC)OC(=O)CC. The Balaban J connectivity index is 4.33. The Labute approximate surface area is 422 Å². The number of ether oxygens (including phenoxy) is 3. The highest BCUT2D eigenvalue weighted by atomic mass is 16.6. The number of hydrogen-bond donors (Lipinski definition) is 0. The Morgan fingerprint density at radius 1 is 0.324 bits per heavy atom. The van der Waals surface area contributed by atoms with Crippen molar-refractivity contribution in [2.45, 2.75) is 303 Å². The van der Waals surface area contributed by atoms with Crippen LogP contribution in [-0.4, -0.2) is 99.4 Å². The van der Waals surface area contributed by atoms with E-state index in [2.05, 4.69) is 42.0 Å². The highest BCUT2D eigenvalue weighted by Gasteiger charge is 2.27. The van der Waals surface area contributed by atoms with Gasteiger partial charge >= 0.3 is 23.9 Å². The monoisotopic (exact) mass is 965 g/mol. The van der Waals surface area contributed by atoms with Crippen molar-refractivity contribution >= 4 is 23.9 Å². The summed E-state index contributed by atoms with van der Waals surface area (Å²) in [6.07, 6.45) is 47.5. The van der Waals surface area contributed by atoms with Gasteiger partial charge < -0.3 is 23.2 Å². The molecule has 0 aromatic heterocycles. The van der Waals surface area contributed by atoms with E-state index in [1.807, 2.05) is 13.8 Å². The Bertz CT molecular complexity index is 1190. The molecule has 402 valence electrons. The fraction of sp³-hybridized carbons (Fsp3) is 0.932. The summed E-state index contributed by atoms with van der Waals surface area (Å²) in [5, 5.41) is 0. The molecule has 0 saturated carbocycles. The van der Waals surface area contributed by atoms with Gasteiger partial charge in [0.05, 0.1) is 47.7 Å². The third-order valence-electron chi connectivity index (χ3n) is 14.1. The molecule has 0 N–H and O–H groups in total. The van der Waals surface area contributed by atoms with E-state index in [1.165, 1.54) is 193 Å². The zero-order valence-electron chi connectivity index (χ0n) is 46.7. The second kappa shape index (κ2) is 46.1. The minimum absolute atomic E-state index is 0.101. The fourth-order valence-electron chi connectivity index (χ4n) is 9.73. The van der Waals surface area contributed by atoms with E-state index in [0.29, 0.717) is 41.2 Å². The van der Waals surface area contributed by atoms with Crippen LogP contribution in [0.15, 0.2) is 0 Å². The van der Waals surface area contributed by atoms with Crippen molar-refractivity contribution < 1.29 is 42.4 Å². The standard InChI is InChI=1S/C59H116N2O7/c1-9-13-15-17-19-21-23-25-27-29-31-33-35-37-39-41-46-54(66-56(62)11-3)52-60(5,6)50-44-43-48-58(64)68-59(65)49-45-51-61(7,8)53-55(67-57(63)12-4)47-42-40-38-36-34-32-30-28-26-24-22-20-18-16-14-10-2/h54-55H,9-53H2,1-8H3/q+2. The quantitative estimate of drug-likeness (QED) is 0.0197. The van der Waals surface area contributed by atoms with Gasteiger partial charge in [-0.1, -0.05) is 220 Å². The molecule has 0 radical (unpaired) electrons. The summed E-state index contributed by atoms with van der Waals surface area (Å²) in [5.41, 5.74) is 0.